The van der Waals surface area contributed by atoms with Gasteiger partial charge in [-0.05, 0) is 38.8 Å². The zero-order chi connectivity index (χ0) is 13.1. The van der Waals surface area contributed by atoms with E-state index in [4.69, 9.17) is 18.0 Å². The van der Waals surface area contributed by atoms with Crippen molar-refractivity contribution in [2.75, 3.05) is 11.4 Å². The van der Waals surface area contributed by atoms with Crippen molar-refractivity contribution in [3.8, 4) is 0 Å². The van der Waals surface area contributed by atoms with Gasteiger partial charge < -0.3 is 10.6 Å². The molecule has 0 aliphatic heterocycles. The zero-order valence-electron chi connectivity index (χ0n) is 11.3. The lowest BCUT2D eigenvalue weighted by Crippen LogP contribution is -2.34. The van der Waals surface area contributed by atoms with E-state index in [0.717, 1.165) is 12.1 Å². The number of anilines is 1. The highest BCUT2D eigenvalue weighted by molar-refractivity contribution is 7.80. The molecule has 0 aromatic heterocycles. The van der Waals surface area contributed by atoms with Gasteiger partial charge in [0.05, 0.1) is 0 Å². The summed E-state index contributed by atoms with van der Waals surface area (Å²) in [7, 11) is 0. The Morgan fingerprint density at radius 1 is 1.39 bits per heavy atom. The Hall–Kier alpha value is -1.09. The number of rotatable bonds is 4. The van der Waals surface area contributed by atoms with E-state index in [0.29, 0.717) is 11.0 Å². The van der Waals surface area contributed by atoms with Crippen LogP contribution >= 0.6 is 12.2 Å². The second kappa shape index (κ2) is 5.70. The predicted octanol–water partition coefficient (Wildman–Crippen LogP) is 3.40. The molecule has 0 spiro atoms. The number of nitrogens with zero attached hydrogens (tertiary/aromatic N) is 1. The van der Waals surface area contributed by atoms with E-state index in [9.17, 15) is 0 Å². The van der Waals surface area contributed by atoms with Crippen LogP contribution in [0.3, 0.4) is 0 Å². The fourth-order valence-electron chi connectivity index (χ4n) is 2.94. The van der Waals surface area contributed by atoms with Crippen LogP contribution in [-0.2, 0) is 0 Å². The minimum atomic E-state index is 0.505. The molecule has 1 aliphatic rings. The lowest BCUT2D eigenvalue weighted by atomic mass is 10.1. The van der Waals surface area contributed by atoms with Gasteiger partial charge >= 0.3 is 0 Å². The van der Waals surface area contributed by atoms with E-state index in [1.165, 1.54) is 36.9 Å². The fraction of sp³-hybridized carbons (Fsp3) is 0.533. The number of aryl methyl sites for hydroxylation is 1. The van der Waals surface area contributed by atoms with Crippen LogP contribution in [0.5, 0.6) is 0 Å². The zero-order valence-corrected chi connectivity index (χ0v) is 12.1. The molecule has 2 N–H and O–H groups in total. The van der Waals surface area contributed by atoms with Crippen molar-refractivity contribution >= 4 is 22.9 Å². The number of hydrogen-bond acceptors (Lipinski definition) is 2. The summed E-state index contributed by atoms with van der Waals surface area (Å²) in [5.41, 5.74) is 9.33. The molecule has 1 saturated carbocycles. The molecule has 0 heterocycles. The molecule has 0 amide bonds. The first-order valence-electron chi connectivity index (χ1n) is 6.80. The van der Waals surface area contributed by atoms with E-state index < -0.39 is 0 Å². The normalized spacial score (nSPS) is 15.9. The summed E-state index contributed by atoms with van der Waals surface area (Å²) in [5.74, 6) is 0. The molecule has 0 saturated heterocycles. The second-order valence-electron chi connectivity index (χ2n) is 5.11. The summed E-state index contributed by atoms with van der Waals surface area (Å²) in [6, 6.07) is 7.08. The lowest BCUT2D eigenvalue weighted by Gasteiger charge is -2.31. The van der Waals surface area contributed by atoms with E-state index in [1.807, 2.05) is 0 Å². The van der Waals surface area contributed by atoms with Crippen LogP contribution in [0.2, 0.25) is 0 Å². The topological polar surface area (TPSA) is 29.3 Å². The molecule has 0 bridgehead atoms. The minimum Gasteiger partial charge on any atom is -0.389 e. The van der Waals surface area contributed by atoms with Crippen LogP contribution in [-0.4, -0.2) is 17.6 Å². The third kappa shape index (κ3) is 2.66. The first kappa shape index (κ1) is 13.3. The average Bonchev–Trinajstić information content (AvgIpc) is 2.85. The molecular weight excluding hydrogens is 240 g/mol. The molecule has 0 atom stereocenters. The Kier molecular flexibility index (Phi) is 4.23. The molecular formula is C15H22N2S. The van der Waals surface area contributed by atoms with Crippen LogP contribution < -0.4 is 10.6 Å². The van der Waals surface area contributed by atoms with E-state index >= 15 is 0 Å². The summed E-state index contributed by atoms with van der Waals surface area (Å²) in [6.07, 6.45) is 5.27. The molecule has 1 aromatic carbocycles. The maximum absolute atomic E-state index is 5.88. The Morgan fingerprint density at radius 2 is 2.06 bits per heavy atom. The molecule has 0 unspecified atom stereocenters. The van der Waals surface area contributed by atoms with Crippen LogP contribution in [0.25, 0.3) is 0 Å². The van der Waals surface area contributed by atoms with E-state index in [2.05, 4.69) is 36.9 Å². The van der Waals surface area contributed by atoms with Gasteiger partial charge in [0.15, 0.2) is 0 Å². The first-order valence-corrected chi connectivity index (χ1v) is 7.21. The Balaban J connectivity index is 2.37. The number of thiocarbonyl (C=S) groups is 1. The van der Waals surface area contributed by atoms with E-state index in [1.54, 1.807) is 0 Å². The Labute approximate surface area is 115 Å². The molecule has 1 aliphatic carbocycles. The Bertz CT molecular complexity index is 436. The number of benzene rings is 1. The summed E-state index contributed by atoms with van der Waals surface area (Å²) >= 11 is 5.20. The highest BCUT2D eigenvalue weighted by Gasteiger charge is 2.23. The van der Waals surface area contributed by atoms with Crippen molar-refractivity contribution in [2.24, 2.45) is 5.73 Å². The Morgan fingerprint density at radius 3 is 2.61 bits per heavy atom. The van der Waals surface area contributed by atoms with Crippen LogP contribution in [0, 0.1) is 6.92 Å². The SMILES string of the molecule is CCN(c1ccc(C)cc1C(N)=S)C1CCCC1. The van der Waals surface area contributed by atoms with Crippen LogP contribution in [0.15, 0.2) is 18.2 Å². The molecule has 1 fully saturated rings. The van der Waals surface area contributed by atoms with Crippen molar-refractivity contribution in [2.45, 2.75) is 45.6 Å². The van der Waals surface area contributed by atoms with Gasteiger partial charge in [0, 0.05) is 23.8 Å². The van der Waals surface area contributed by atoms with Gasteiger partial charge in [0.25, 0.3) is 0 Å². The molecule has 1 aromatic rings. The van der Waals surface area contributed by atoms with Gasteiger partial charge in [-0.15, -0.1) is 0 Å². The molecule has 18 heavy (non-hydrogen) atoms. The largest absolute Gasteiger partial charge is 0.389 e. The maximum Gasteiger partial charge on any atom is 0.106 e. The van der Waals surface area contributed by atoms with Crippen LogP contribution in [0.1, 0.15) is 43.7 Å². The van der Waals surface area contributed by atoms with Crippen molar-refractivity contribution in [1.29, 1.82) is 0 Å². The molecule has 0 radical (unpaired) electrons. The van der Waals surface area contributed by atoms with Crippen molar-refractivity contribution in [3.63, 3.8) is 0 Å². The highest BCUT2D eigenvalue weighted by atomic mass is 32.1. The van der Waals surface area contributed by atoms with Gasteiger partial charge in [-0.25, -0.2) is 0 Å². The first-order chi connectivity index (χ1) is 8.63. The minimum absolute atomic E-state index is 0.505. The fourth-order valence-corrected chi connectivity index (χ4v) is 3.10. The summed E-state index contributed by atoms with van der Waals surface area (Å²) in [6.45, 7) is 5.31. The third-order valence-electron chi connectivity index (χ3n) is 3.83. The van der Waals surface area contributed by atoms with Crippen LogP contribution in [0.4, 0.5) is 5.69 Å². The third-order valence-corrected chi connectivity index (χ3v) is 4.05. The molecule has 2 nitrogen and oxygen atoms in total. The van der Waals surface area contributed by atoms with Gasteiger partial charge in [0.2, 0.25) is 0 Å². The molecule has 3 heteroatoms. The summed E-state index contributed by atoms with van der Waals surface area (Å²) < 4.78 is 0. The highest BCUT2D eigenvalue weighted by Crippen LogP contribution is 2.30. The summed E-state index contributed by atoms with van der Waals surface area (Å²) in [4.78, 5) is 2.98. The average molecular weight is 262 g/mol. The number of nitrogens with two attached hydrogens (primary N) is 1. The van der Waals surface area contributed by atoms with Crippen molar-refractivity contribution < 1.29 is 0 Å². The standard InChI is InChI=1S/C15H22N2S/c1-3-17(12-6-4-5-7-12)14-9-8-11(2)10-13(14)15(16)18/h8-10,12H,3-7H2,1-2H3,(H2,16,18). The van der Waals surface area contributed by atoms with Crippen molar-refractivity contribution in [1.82, 2.24) is 0 Å². The second-order valence-corrected chi connectivity index (χ2v) is 5.55. The predicted molar refractivity (Wildman–Crippen MR) is 82.3 cm³/mol. The smallest absolute Gasteiger partial charge is 0.106 e. The monoisotopic (exact) mass is 262 g/mol. The van der Waals surface area contributed by atoms with Gasteiger partial charge in [-0.2, -0.15) is 0 Å². The maximum atomic E-state index is 5.88. The quantitative estimate of drug-likeness (QED) is 0.843. The summed E-state index contributed by atoms with van der Waals surface area (Å²) in [5, 5.41) is 0. The van der Waals surface area contributed by atoms with Gasteiger partial charge in [0.1, 0.15) is 4.99 Å². The molecule has 98 valence electrons. The van der Waals surface area contributed by atoms with E-state index in [-0.39, 0.29) is 0 Å². The number of hydrogen-bond donors (Lipinski definition) is 1. The van der Waals surface area contributed by atoms with Gasteiger partial charge in [-0.3, -0.25) is 0 Å². The van der Waals surface area contributed by atoms with Crippen molar-refractivity contribution in [3.05, 3.63) is 29.3 Å². The molecule has 2 rings (SSSR count). The van der Waals surface area contributed by atoms with Gasteiger partial charge in [-0.1, -0.05) is 36.7 Å². The lowest BCUT2D eigenvalue weighted by molar-refractivity contribution is 0.619.